The number of nitrogens with one attached hydrogen (secondary N) is 1. The summed E-state index contributed by atoms with van der Waals surface area (Å²) in [6.07, 6.45) is 2.96. The fourth-order valence-electron chi connectivity index (χ4n) is 1.64. The van der Waals surface area contributed by atoms with Crippen LogP contribution in [0, 0.1) is 0 Å². The average Bonchev–Trinajstić information content (AvgIpc) is 2.34. The summed E-state index contributed by atoms with van der Waals surface area (Å²) in [6.45, 7) is 8.49. The van der Waals surface area contributed by atoms with Crippen LogP contribution in [0.15, 0.2) is 0 Å². The summed E-state index contributed by atoms with van der Waals surface area (Å²) in [4.78, 5) is 14.1. The number of hydrogen-bond acceptors (Lipinski definition) is 4. The number of carbonyl (C=O) groups is 1. The van der Waals surface area contributed by atoms with Gasteiger partial charge in [0.2, 0.25) is 0 Å². The van der Waals surface area contributed by atoms with E-state index < -0.39 is 5.54 Å². The van der Waals surface area contributed by atoms with Crippen LogP contribution in [0.25, 0.3) is 0 Å². The highest BCUT2D eigenvalue weighted by Crippen LogP contribution is 2.15. The van der Waals surface area contributed by atoms with Gasteiger partial charge in [0.1, 0.15) is 5.54 Å². The molecular weight excluding hydrogens is 216 g/mol. The Morgan fingerprint density at radius 3 is 2.47 bits per heavy atom. The maximum atomic E-state index is 11.8. The number of nitrogens with zero attached hydrogens (tertiary/aromatic N) is 1. The molecule has 1 atom stereocenters. The molecule has 0 radical (unpaired) electrons. The van der Waals surface area contributed by atoms with Crippen molar-refractivity contribution < 1.29 is 9.53 Å². The number of rotatable bonds is 9. The molecule has 4 heteroatoms. The van der Waals surface area contributed by atoms with E-state index in [1.165, 1.54) is 0 Å². The second-order valence-corrected chi connectivity index (χ2v) is 4.66. The van der Waals surface area contributed by atoms with Gasteiger partial charge in [0.15, 0.2) is 0 Å². The van der Waals surface area contributed by atoms with Crippen LogP contribution in [0.5, 0.6) is 0 Å². The van der Waals surface area contributed by atoms with Gasteiger partial charge in [0.25, 0.3) is 0 Å². The molecule has 0 saturated carbocycles. The van der Waals surface area contributed by atoms with Crippen LogP contribution in [0.2, 0.25) is 0 Å². The highest BCUT2D eigenvalue weighted by Gasteiger charge is 2.32. The molecule has 0 aromatic heterocycles. The molecule has 0 aliphatic rings. The van der Waals surface area contributed by atoms with E-state index in [1.807, 2.05) is 20.9 Å². The minimum atomic E-state index is -0.541. The Bertz CT molecular complexity index is 221. The second kappa shape index (κ2) is 8.48. The zero-order valence-corrected chi connectivity index (χ0v) is 12.0. The third kappa shape index (κ3) is 6.03. The monoisotopic (exact) mass is 244 g/mol. The van der Waals surface area contributed by atoms with Crippen molar-refractivity contribution in [1.29, 1.82) is 0 Å². The number of esters is 1. The number of unbranched alkanes of at least 4 members (excludes halogenated alkanes) is 1. The third-order valence-corrected chi connectivity index (χ3v) is 3.28. The lowest BCUT2D eigenvalue weighted by Crippen LogP contribution is -2.48. The van der Waals surface area contributed by atoms with Crippen molar-refractivity contribution >= 4 is 5.97 Å². The Hall–Kier alpha value is -0.610. The molecule has 0 bridgehead atoms. The topological polar surface area (TPSA) is 41.6 Å². The smallest absolute Gasteiger partial charge is 0.326 e. The Labute approximate surface area is 106 Å². The van der Waals surface area contributed by atoms with Crippen LogP contribution in [0.4, 0.5) is 0 Å². The van der Waals surface area contributed by atoms with Crippen LogP contribution in [0.3, 0.4) is 0 Å². The van der Waals surface area contributed by atoms with Gasteiger partial charge in [-0.15, -0.1) is 0 Å². The molecule has 17 heavy (non-hydrogen) atoms. The van der Waals surface area contributed by atoms with Gasteiger partial charge in [-0.1, -0.05) is 6.92 Å². The highest BCUT2D eigenvalue weighted by molar-refractivity contribution is 5.80. The SMILES string of the molecule is CCOC(=O)C(C)(CCCCN(C)CC)NC. The molecule has 0 amide bonds. The van der Waals surface area contributed by atoms with Crippen LogP contribution in [0.1, 0.15) is 40.0 Å². The first kappa shape index (κ1) is 16.4. The maximum absolute atomic E-state index is 11.8. The van der Waals surface area contributed by atoms with Crippen molar-refractivity contribution in [2.75, 3.05) is 33.8 Å². The fraction of sp³-hybridized carbons (Fsp3) is 0.923. The normalized spacial score (nSPS) is 14.7. The number of ether oxygens (including phenoxy) is 1. The van der Waals surface area contributed by atoms with Gasteiger partial charge in [-0.2, -0.15) is 0 Å². The maximum Gasteiger partial charge on any atom is 0.326 e. The molecule has 0 rings (SSSR count). The number of carbonyl (C=O) groups excluding carboxylic acids is 1. The van der Waals surface area contributed by atoms with Crippen molar-refractivity contribution in [3.05, 3.63) is 0 Å². The summed E-state index contributed by atoms with van der Waals surface area (Å²) >= 11 is 0. The average molecular weight is 244 g/mol. The molecular formula is C13H28N2O2. The number of likely N-dealkylation sites (N-methyl/N-ethyl adjacent to an activating group) is 1. The molecule has 1 unspecified atom stereocenters. The summed E-state index contributed by atoms with van der Waals surface area (Å²) in [5, 5.41) is 3.08. The van der Waals surface area contributed by atoms with Crippen molar-refractivity contribution in [3.63, 3.8) is 0 Å². The summed E-state index contributed by atoms with van der Waals surface area (Å²) in [5.74, 6) is -0.147. The molecule has 0 aromatic carbocycles. The van der Waals surface area contributed by atoms with Gasteiger partial charge in [0, 0.05) is 0 Å². The van der Waals surface area contributed by atoms with Crippen LogP contribution < -0.4 is 5.32 Å². The van der Waals surface area contributed by atoms with E-state index in [1.54, 1.807) is 0 Å². The largest absolute Gasteiger partial charge is 0.465 e. The predicted octanol–water partition coefficient (Wildman–Crippen LogP) is 1.65. The summed E-state index contributed by atoms with van der Waals surface area (Å²) in [6, 6.07) is 0. The summed E-state index contributed by atoms with van der Waals surface area (Å²) < 4.78 is 5.09. The summed E-state index contributed by atoms with van der Waals surface area (Å²) in [5.41, 5.74) is -0.541. The van der Waals surface area contributed by atoms with E-state index in [0.29, 0.717) is 6.61 Å². The first-order valence-corrected chi connectivity index (χ1v) is 6.54. The second-order valence-electron chi connectivity index (χ2n) is 4.66. The zero-order chi connectivity index (χ0) is 13.3. The molecule has 102 valence electrons. The standard InChI is InChI=1S/C13H28N2O2/c1-6-15(5)11-9-8-10-13(3,14-4)12(16)17-7-2/h14H,6-11H2,1-5H3. The van der Waals surface area contributed by atoms with Crippen LogP contribution in [-0.4, -0.2) is 50.2 Å². The van der Waals surface area contributed by atoms with Gasteiger partial charge >= 0.3 is 5.97 Å². The van der Waals surface area contributed by atoms with Gasteiger partial charge in [-0.25, -0.2) is 0 Å². The highest BCUT2D eigenvalue weighted by atomic mass is 16.5. The number of hydrogen-bond donors (Lipinski definition) is 1. The van der Waals surface area contributed by atoms with E-state index in [4.69, 9.17) is 4.74 Å². The Morgan fingerprint density at radius 1 is 1.35 bits per heavy atom. The molecule has 4 nitrogen and oxygen atoms in total. The third-order valence-electron chi connectivity index (χ3n) is 3.28. The fourth-order valence-corrected chi connectivity index (χ4v) is 1.64. The van der Waals surface area contributed by atoms with Crippen molar-refractivity contribution in [2.45, 2.75) is 45.6 Å². The molecule has 0 aliphatic carbocycles. The van der Waals surface area contributed by atoms with Gasteiger partial charge < -0.3 is 15.0 Å². The van der Waals surface area contributed by atoms with E-state index >= 15 is 0 Å². The molecule has 0 saturated heterocycles. The summed E-state index contributed by atoms with van der Waals surface area (Å²) in [7, 11) is 3.93. The van der Waals surface area contributed by atoms with Crippen molar-refractivity contribution in [3.8, 4) is 0 Å². The Balaban J connectivity index is 3.99. The van der Waals surface area contributed by atoms with Gasteiger partial charge in [-0.3, -0.25) is 4.79 Å². The predicted molar refractivity (Wildman–Crippen MR) is 71.1 cm³/mol. The van der Waals surface area contributed by atoms with E-state index in [0.717, 1.165) is 32.4 Å². The molecule has 0 spiro atoms. The Morgan fingerprint density at radius 2 is 2.00 bits per heavy atom. The van der Waals surface area contributed by atoms with Crippen LogP contribution >= 0.6 is 0 Å². The molecule has 1 N–H and O–H groups in total. The first-order chi connectivity index (χ1) is 8.00. The van der Waals surface area contributed by atoms with Gasteiger partial charge in [0.05, 0.1) is 6.61 Å². The first-order valence-electron chi connectivity index (χ1n) is 6.54. The van der Waals surface area contributed by atoms with E-state index in [9.17, 15) is 4.79 Å². The minimum Gasteiger partial charge on any atom is -0.465 e. The van der Waals surface area contributed by atoms with E-state index in [-0.39, 0.29) is 5.97 Å². The zero-order valence-electron chi connectivity index (χ0n) is 12.0. The Kier molecular flexibility index (Phi) is 8.17. The quantitative estimate of drug-likeness (QED) is 0.494. The lowest BCUT2D eigenvalue weighted by molar-refractivity contribution is -0.150. The molecule has 0 heterocycles. The van der Waals surface area contributed by atoms with E-state index in [2.05, 4.69) is 24.2 Å². The van der Waals surface area contributed by atoms with Gasteiger partial charge in [-0.05, 0) is 60.3 Å². The molecule has 0 fully saturated rings. The van der Waals surface area contributed by atoms with Crippen LogP contribution in [-0.2, 0) is 9.53 Å². The van der Waals surface area contributed by atoms with Crippen molar-refractivity contribution in [2.24, 2.45) is 0 Å². The minimum absolute atomic E-state index is 0.147. The molecule has 0 aliphatic heterocycles. The van der Waals surface area contributed by atoms with Crippen molar-refractivity contribution in [1.82, 2.24) is 10.2 Å². The lowest BCUT2D eigenvalue weighted by Gasteiger charge is -2.27. The molecule has 0 aromatic rings. The lowest BCUT2D eigenvalue weighted by atomic mass is 9.95.